The summed E-state index contributed by atoms with van der Waals surface area (Å²) in [5.41, 5.74) is 0. The lowest BCUT2D eigenvalue weighted by Gasteiger charge is -2.29. The van der Waals surface area contributed by atoms with Crippen molar-refractivity contribution in [1.82, 2.24) is 5.32 Å². The van der Waals surface area contributed by atoms with Crippen molar-refractivity contribution in [2.45, 2.75) is 173 Å². The van der Waals surface area contributed by atoms with Crippen LogP contribution in [0.3, 0.4) is 0 Å². The number of nitrogens with zero attached hydrogens (tertiary/aromatic N) is 1. The van der Waals surface area contributed by atoms with Crippen molar-refractivity contribution in [2.75, 3.05) is 40.9 Å². The van der Waals surface area contributed by atoms with Crippen LogP contribution in [0.4, 0.5) is 0 Å². The Morgan fingerprint density at radius 3 is 2.19 bits per heavy atom. The van der Waals surface area contributed by atoms with Crippen molar-refractivity contribution in [3.05, 3.63) is 36.5 Å². The van der Waals surface area contributed by atoms with Gasteiger partial charge in [0.2, 0.25) is 5.91 Å². The summed E-state index contributed by atoms with van der Waals surface area (Å²) >= 11 is 0. The smallest absolute Gasteiger partial charge is 0.268 e. The van der Waals surface area contributed by atoms with Crippen LogP contribution >= 0.6 is 7.82 Å². The fourth-order valence-electron chi connectivity index (χ4n) is 6.73. The molecule has 8 atom stereocenters. The fraction of sp³-hybridized carbons (Fsp3) is 0.833. The zero-order valence-corrected chi connectivity index (χ0v) is 35.4. The van der Waals surface area contributed by atoms with Crippen LogP contribution in [0.5, 0.6) is 0 Å². The number of rotatable bonds is 33. The number of allylic oxidation sites excluding steroid dienone is 3. The molecule has 0 heterocycles. The number of hydrogen-bond donors (Lipinski definition) is 5. The molecule has 0 radical (unpaired) electrons. The lowest BCUT2D eigenvalue weighted by molar-refractivity contribution is -0.870. The van der Waals surface area contributed by atoms with Crippen molar-refractivity contribution in [3.63, 3.8) is 0 Å². The maximum Gasteiger partial charge on any atom is 0.268 e. The lowest BCUT2D eigenvalue weighted by atomic mass is 9.88. The van der Waals surface area contributed by atoms with Gasteiger partial charge in [-0.05, 0) is 50.9 Å². The third kappa shape index (κ3) is 25.7. The minimum absolute atomic E-state index is 0.0456. The predicted octanol–water partition coefficient (Wildman–Crippen LogP) is 6.88. The second kappa shape index (κ2) is 29.8. The third-order valence-corrected chi connectivity index (χ3v) is 11.1. The van der Waals surface area contributed by atoms with Crippen molar-refractivity contribution >= 4 is 13.7 Å². The molecule has 1 fully saturated rings. The number of unbranched alkanes of at least 4 members (excludes halogenated alkanes) is 12. The molecular formula is C42H79N2O9P. The molecule has 0 saturated heterocycles. The minimum Gasteiger partial charge on any atom is -0.756 e. The summed E-state index contributed by atoms with van der Waals surface area (Å²) < 4.78 is 23.1. The van der Waals surface area contributed by atoms with Crippen molar-refractivity contribution in [2.24, 2.45) is 11.8 Å². The van der Waals surface area contributed by atoms with E-state index >= 15 is 0 Å². The SMILES string of the molecule is CCCCCCCC/C=C\CC/C=C/[C@@H](O)[C@H](COP(=O)([O-])OCC[N+](C)(C)C)NC(=O)CCCCCC[C@@H]1[C@@H](/C=C/[C@@H](O)CCCCC)[C@H](O)C[C@@H]1O. The number of phosphoric ester groups is 1. The van der Waals surface area contributed by atoms with Crippen molar-refractivity contribution < 1.29 is 48.2 Å². The molecular weight excluding hydrogens is 707 g/mol. The van der Waals surface area contributed by atoms with Crippen LogP contribution in [0.15, 0.2) is 36.5 Å². The van der Waals surface area contributed by atoms with Crippen LogP contribution in [0.1, 0.15) is 142 Å². The molecule has 54 heavy (non-hydrogen) atoms. The highest BCUT2D eigenvalue weighted by Gasteiger charge is 2.39. The number of aliphatic hydroxyl groups excluding tert-OH is 4. The summed E-state index contributed by atoms with van der Waals surface area (Å²) in [5.74, 6) is -0.574. The second-order valence-corrected chi connectivity index (χ2v) is 17.7. The van der Waals surface area contributed by atoms with E-state index in [1.807, 2.05) is 33.3 Å². The van der Waals surface area contributed by atoms with Crippen molar-refractivity contribution in [3.8, 4) is 0 Å². The van der Waals surface area contributed by atoms with E-state index in [1.54, 1.807) is 12.2 Å². The van der Waals surface area contributed by atoms with E-state index in [2.05, 4.69) is 31.3 Å². The molecule has 0 aromatic rings. The van der Waals surface area contributed by atoms with E-state index in [-0.39, 0.29) is 30.8 Å². The summed E-state index contributed by atoms with van der Waals surface area (Å²) in [6.45, 7) is 4.30. The van der Waals surface area contributed by atoms with Gasteiger partial charge < -0.3 is 44.2 Å². The Morgan fingerprint density at radius 1 is 0.833 bits per heavy atom. The normalized spacial score (nSPS) is 22.3. The topological polar surface area (TPSA) is 169 Å². The fourth-order valence-corrected chi connectivity index (χ4v) is 7.46. The molecule has 1 aliphatic rings. The van der Waals surface area contributed by atoms with Crippen LogP contribution in [-0.2, 0) is 18.4 Å². The number of aliphatic hydroxyl groups is 4. The molecule has 1 rings (SSSR count). The van der Waals surface area contributed by atoms with Gasteiger partial charge >= 0.3 is 0 Å². The number of nitrogens with one attached hydrogen (secondary N) is 1. The molecule has 1 saturated carbocycles. The Balaban J connectivity index is 2.59. The average molecular weight is 787 g/mol. The van der Waals surface area contributed by atoms with Gasteiger partial charge in [-0.1, -0.05) is 121 Å². The van der Waals surface area contributed by atoms with E-state index in [4.69, 9.17) is 9.05 Å². The highest BCUT2D eigenvalue weighted by Crippen LogP contribution is 2.39. The molecule has 0 aliphatic heterocycles. The molecule has 11 nitrogen and oxygen atoms in total. The van der Waals surface area contributed by atoms with E-state index in [9.17, 15) is 34.7 Å². The monoisotopic (exact) mass is 787 g/mol. The zero-order chi connectivity index (χ0) is 40.2. The number of phosphoric acid groups is 1. The third-order valence-electron chi connectivity index (χ3n) is 10.2. The Morgan fingerprint density at radius 2 is 1.46 bits per heavy atom. The minimum atomic E-state index is -4.65. The molecule has 1 amide bonds. The Bertz CT molecular complexity index is 1100. The summed E-state index contributed by atoms with van der Waals surface area (Å²) in [6.07, 6.45) is 26.8. The largest absolute Gasteiger partial charge is 0.756 e. The van der Waals surface area contributed by atoms with E-state index in [0.717, 1.165) is 57.8 Å². The number of amides is 1. The summed E-state index contributed by atoms with van der Waals surface area (Å²) in [5, 5.41) is 45.1. The molecule has 1 aliphatic carbocycles. The molecule has 0 spiro atoms. The summed E-state index contributed by atoms with van der Waals surface area (Å²) in [4.78, 5) is 25.4. The summed E-state index contributed by atoms with van der Waals surface area (Å²) in [6, 6.07) is -0.980. The molecule has 0 aromatic heterocycles. The number of hydrogen-bond acceptors (Lipinski definition) is 9. The first-order chi connectivity index (χ1) is 25.7. The van der Waals surface area contributed by atoms with E-state index in [1.165, 1.54) is 38.5 Å². The number of carbonyl (C=O) groups excluding carboxylic acids is 1. The zero-order valence-electron chi connectivity index (χ0n) is 34.5. The highest BCUT2D eigenvalue weighted by molar-refractivity contribution is 7.45. The van der Waals surface area contributed by atoms with E-state index < -0.39 is 44.9 Å². The standard InChI is InChI=1S/C42H79N2O9P/c1-6-8-10-11-12-13-14-15-16-17-18-23-27-39(46)38(34-53-54(50,51)52-32-31-44(3,4)5)43-42(49)28-24-20-19-22-26-36-37(41(48)33-40(36)47)30-29-35(45)25-21-9-7-2/h15-16,23,27,29-30,35-41,45-48H,6-14,17-22,24-26,28,31-34H2,1-5H3,(H-,43,49,50,51)/b16-15-,27-23+,30-29+/t35-,36+,37+,38-,39+,40-,41+/m0/s1. The van der Waals surface area contributed by atoms with Gasteiger partial charge in [-0.15, -0.1) is 0 Å². The van der Waals surface area contributed by atoms with Gasteiger partial charge in [-0.25, -0.2) is 0 Å². The average Bonchev–Trinajstić information content (AvgIpc) is 3.37. The first-order valence-corrected chi connectivity index (χ1v) is 22.6. The van der Waals surface area contributed by atoms with Gasteiger partial charge in [-0.2, -0.15) is 0 Å². The van der Waals surface area contributed by atoms with Gasteiger partial charge in [-0.3, -0.25) is 9.36 Å². The molecule has 12 heteroatoms. The molecule has 0 aromatic carbocycles. The van der Waals surface area contributed by atoms with Crippen molar-refractivity contribution in [1.29, 1.82) is 0 Å². The highest BCUT2D eigenvalue weighted by atomic mass is 31.2. The second-order valence-electron chi connectivity index (χ2n) is 16.3. The van der Waals surface area contributed by atoms with Crippen LogP contribution in [-0.4, -0.2) is 102 Å². The van der Waals surface area contributed by atoms with Gasteiger partial charge in [0.05, 0.1) is 58.2 Å². The number of quaternary nitrogens is 1. The van der Waals surface area contributed by atoms with Crippen LogP contribution < -0.4 is 10.2 Å². The van der Waals surface area contributed by atoms with Gasteiger partial charge in [0.15, 0.2) is 0 Å². The van der Waals surface area contributed by atoms with Gasteiger partial charge in [0.1, 0.15) is 13.2 Å². The van der Waals surface area contributed by atoms with Gasteiger partial charge in [0, 0.05) is 18.8 Å². The predicted molar refractivity (Wildman–Crippen MR) is 216 cm³/mol. The summed E-state index contributed by atoms with van der Waals surface area (Å²) in [7, 11) is 1.11. The maximum atomic E-state index is 12.9. The van der Waals surface area contributed by atoms with Crippen LogP contribution in [0.25, 0.3) is 0 Å². The number of carbonyl (C=O) groups is 1. The molecule has 316 valence electrons. The Kier molecular flexibility index (Phi) is 27.9. The number of likely N-dealkylation sites (N-methyl/N-ethyl adjacent to an activating group) is 1. The van der Waals surface area contributed by atoms with Crippen LogP contribution in [0.2, 0.25) is 0 Å². The molecule has 1 unspecified atom stereocenters. The Labute approximate surface area is 328 Å². The lowest BCUT2D eigenvalue weighted by Crippen LogP contribution is -2.45. The van der Waals surface area contributed by atoms with Crippen LogP contribution in [0, 0.1) is 11.8 Å². The van der Waals surface area contributed by atoms with E-state index in [0.29, 0.717) is 36.7 Å². The first-order valence-electron chi connectivity index (χ1n) is 21.1. The molecule has 0 bridgehead atoms. The quantitative estimate of drug-likeness (QED) is 0.0206. The maximum absolute atomic E-state index is 12.9. The Hall–Kier alpha value is -1.40. The van der Waals surface area contributed by atoms with Gasteiger partial charge in [0.25, 0.3) is 7.82 Å². The first kappa shape index (κ1) is 50.6. The molecule has 5 N–H and O–H groups in total.